The normalized spacial score (nSPS) is 21.2. The monoisotopic (exact) mass is 591 g/mol. The second-order valence-corrected chi connectivity index (χ2v) is 11.7. The number of hydrogen-bond donors (Lipinski definition) is 2. The molecular weight excluding hydrogens is 550 g/mol. The molecule has 1 amide bonds. The molecule has 0 bridgehead atoms. The van der Waals surface area contributed by atoms with Gasteiger partial charge in [0.1, 0.15) is 0 Å². The molecule has 0 unspecified atom stereocenters. The predicted molar refractivity (Wildman–Crippen MR) is 171 cm³/mol. The highest BCUT2D eigenvalue weighted by molar-refractivity contribution is 5.94. The smallest absolute Gasteiger partial charge is 0.251 e. The number of nitrogens with zero attached hydrogens (tertiary/aromatic N) is 2. The van der Waals surface area contributed by atoms with E-state index in [1.54, 1.807) is 0 Å². The van der Waals surface area contributed by atoms with Crippen LogP contribution >= 0.6 is 0 Å². The molecule has 0 spiro atoms. The van der Waals surface area contributed by atoms with Crippen LogP contribution in [-0.2, 0) is 29.2 Å². The Morgan fingerprint density at radius 1 is 0.705 bits per heavy atom. The summed E-state index contributed by atoms with van der Waals surface area (Å²) in [5.41, 5.74) is 5.95. The molecule has 2 heterocycles. The average molecular weight is 592 g/mol. The van der Waals surface area contributed by atoms with E-state index in [2.05, 4.69) is 57.6 Å². The zero-order valence-electron chi connectivity index (χ0n) is 25.1. The van der Waals surface area contributed by atoms with E-state index >= 15 is 0 Å². The van der Waals surface area contributed by atoms with Crippen molar-refractivity contribution in [2.45, 2.75) is 44.6 Å². The molecule has 2 fully saturated rings. The third-order valence-corrected chi connectivity index (χ3v) is 8.53. The number of carbonyl (C=O) groups excluding carboxylic acids is 1. The molecule has 0 saturated carbocycles. The van der Waals surface area contributed by atoms with E-state index < -0.39 is 6.29 Å². The summed E-state index contributed by atoms with van der Waals surface area (Å²) in [5.74, 6) is -0.0903. The van der Waals surface area contributed by atoms with Crippen LogP contribution < -0.4 is 5.32 Å². The van der Waals surface area contributed by atoms with Crippen LogP contribution in [0.2, 0.25) is 0 Å². The molecule has 2 aliphatic heterocycles. The molecule has 44 heavy (non-hydrogen) atoms. The molecule has 4 aromatic carbocycles. The Morgan fingerprint density at radius 3 is 2.00 bits per heavy atom. The molecule has 2 saturated heterocycles. The first-order valence-electron chi connectivity index (χ1n) is 15.5. The first-order valence-corrected chi connectivity index (χ1v) is 15.5. The van der Waals surface area contributed by atoms with E-state index in [0.29, 0.717) is 12.1 Å². The van der Waals surface area contributed by atoms with Crippen LogP contribution in [0.5, 0.6) is 0 Å². The molecule has 0 aromatic heterocycles. The van der Waals surface area contributed by atoms with Crippen LogP contribution in [-0.4, -0.2) is 59.6 Å². The fraction of sp³-hybridized carbons (Fsp3) is 0.324. The third kappa shape index (κ3) is 8.00. The van der Waals surface area contributed by atoms with Gasteiger partial charge in [-0.1, -0.05) is 97.1 Å². The molecule has 228 valence electrons. The van der Waals surface area contributed by atoms with E-state index in [1.807, 2.05) is 66.7 Å². The average Bonchev–Trinajstić information content (AvgIpc) is 3.09. The molecule has 2 aliphatic rings. The topological polar surface area (TPSA) is 74.3 Å². The number of benzene rings is 4. The number of ether oxygens (including phenoxy) is 2. The lowest BCUT2D eigenvalue weighted by atomic mass is 9.99. The third-order valence-electron chi connectivity index (χ3n) is 8.53. The maximum atomic E-state index is 12.5. The minimum atomic E-state index is -0.497. The van der Waals surface area contributed by atoms with Crippen LogP contribution in [0.1, 0.15) is 57.0 Å². The number of nitrogens with one attached hydrogen (secondary N) is 1. The Labute approximate surface area is 260 Å². The molecular formula is C37H41N3O4. The molecule has 2 N–H and O–H groups in total. The summed E-state index contributed by atoms with van der Waals surface area (Å²) in [7, 11) is 0. The van der Waals surface area contributed by atoms with Crippen LogP contribution in [0.25, 0.3) is 0 Å². The van der Waals surface area contributed by atoms with Crippen LogP contribution in [0, 0.1) is 0 Å². The lowest BCUT2D eigenvalue weighted by Gasteiger charge is -2.40. The van der Waals surface area contributed by atoms with Gasteiger partial charge < -0.3 is 19.9 Å². The van der Waals surface area contributed by atoms with Gasteiger partial charge in [0.25, 0.3) is 5.91 Å². The summed E-state index contributed by atoms with van der Waals surface area (Å²) in [4.78, 5) is 17.5. The number of rotatable bonds is 10. The number of amides is 1. The van der Waals surface area contributed by atoms with Crippen molar-refractivity contribution in [1.29, 1.82) is 0 Å². The van der Waals surface area contributed by atoms with Crippen LogP contribution in [0.3, 0.4) is 0 Å². The van der Waals surface area contributed by atoms with Gasteiger partial charge in [-0.3, -0.25) is 14.6 Å². The minimum Gasteiger partial charge on any atom is -0.392 e. The van der Waals surface area contributed by atoms with Gasteiger partial charge in [0, 0.05) is 63.4 Å². The summed E-state index contributed by atoms with van der Waals surface area (Å²) in [5, 5.41) is 12.5. The molecule has 7 nitrogen and oxygen atoms in total. The van der Waals surface area contributed by atoms with Gasteiger partial charge in [0.2, 0.25) is 0 Å². The lowest BCUT2D eigenvalue weighted by molar-refractivity contribution is -0.253. The Balaban J connectivity index is 1.09. The number of carbonyl (C=O) groups is 1. The number of piperazine rings is 1. The minimum absolute atomic E-state index is 0.0155. The standard InChI is InChI=1S/C37H41N3O4/c41-27-30-13-15-31(16-14-30)35-23-34(26-40-21-19-39(20-22-40)25-29-7-3-1-4-8-29)43-37(44-35)33-17-11-28(12-18-33)24-38-36(42)32-9-5-2-6-10-32/h1-18,34-35,37,41H,19-27H2,(H,38,42)/t34-,35+,37+/m0/s1. The van der Waals surface area contributed by atoms with E-state index in [0.717, 1.165) is 67.9 Å². The predicted octanol–water partition coefficient (Wildman–Crippen LogP) is 5.47. The van der Waals surface area contributed by atoms with Gasteiger partial charge in [0.15, 0.2) is 6.29 Å². The van der Waals surface area contributed by atoms with Gasteiger partial charge in [-0.05, 0) is 34.4 Å². The maximum Gasteiger partial charge on any atom is 0.251 e. The van der Waals surface area contributed by atoms with Gasteiger partial charge >= 0.3 is 0 Å². The molecule has 0 radical (unpaired) electrons. The van der Waals surface area contributed by atoms with Crippen molar-refractivity contribution in [3.63, 3.8) is 0 Å². The summed E-state index contributed by atoms with van der Waals surface area (Å²) in [6.45, 7) is 6.41. The van der Waals surface area contributed by atoms with Crippen molar-refractivity contribution in [2.24, 2.45) is 0 Å². The Hall–Kier alpha value is -3.85. The van der Waals surface area contributed by atoms with Crippen molar-refractivity contribution in [1.82, 2.24) is 15.1 Å². The molecule has 6 rings (SSSR count). The van der Waals surface area contributed by atoms with E-state index in [4.69, 9.17) is 9.47 Å². The maximum absolute atomic E-state index is 12.5. The second-order valence-electron chi connectivity index (χ2n) is 11.7. The van der Waals surface area contributed by atoms with Crippen molar-refractivity contribution in [3.8, 4) is 0 Å². The highest BCUT2D eigenvalue weighted by Gasteiger charge is 2.33. The Bertz CT molecular complexity index is 1460. The zero-order valence-corrected chi connectivity index (χ0v) is 25.1. The van der Waals surface area contributed by atoms with Crippen LogP contribution in [0.4, 0.5) is 0 Å². The molecule has 7 heteroatoms. The quantitative estimate of drug-likeness (QED) is 0.255. The van der Waals surface area contributed by atoms with Gasteiger partial charge in [-0.2, -0.15) is 0 Å². The summed E-state index contributed by atoms with van der Waals surface area (Å²) >= 11 is 0. The highest BCUT2D eigenvalue weighted by Crippen LogP contribution is 2.38. The summed E-state index contributed by atoms with van der Waals surface area (Å²) in [6, 6.07) is 36.1. The molecule has 4 aromatic rings. The van der Waals surface area contributed by atoms with E-state index in [9.17, 15) is 9.90 Å². The molecule has 3 atom stereocenters. The van der Waals surface area contributed by atoms with Crippen molar-refractivity contribution < 1.29 is 19.4 Å². The lowest BCUT2D eigenvalue weighted by Crippen LogP contribution is -2.49. The SMILES string of the molecule is O=C(NCc1ccc([C@@H]2O[C@H](CN3CCN(Cc4ccccc4)CC3)C[C@H](c3ccc(CO)cc3)O2)cc1)c1ccccc1. The van der Waals surface area contributed by atoms with E-state index in [1.165, 1.54) is 5.56 Å². The fourth-order valence-electron chi connectivity index (χ4n) is 5.96. The number of aliphatic hydroxyl groups excluding tert-OH is 1. The van der Waals surface area contributed by atoms with Gasteiger partial charge in [-0.25, -0.2) is 0 Å². The van der Waals surface area contributed by atoms with Gasteiger partial charge in [0.05, 0.1) is 18.8 Å². The highest BCUT2D eigenvalue weighted by atomic mass is 16.7. The van der Waals surface area contributed by atoms with Crippen molar-refractivity contribution in [3.05, 3.63) is 143 Å². The molecule has 0 aliphatic carbocycles. The van der Waals surface area contributed by atoms with Gasteiger partial charge in [-0.15, -0.1) is 0 Å². The first-order chi connectivity index (χ1) is 21.6. The summed E-state index contributed by atoms with van der Waals surface area (Å²) < 4.78 is 13.2. The van der Waals surface area contributed by atoms with Crippen molar-refractivity contribution >= 4 is 5.91 Å². The Morgan fingerprint density at radius 2 is 1.32 bits per heavy atom. The van der Waals surface area contributed by atoms with E-state index in [-0.39, 0.29) is 24.7 Å². The second kappa shape index (κ2) is 14.8. The van der Waals surface area contributed by atoms with Crippen molar-refractivity contribution in [2.75, 3.05) is 32.7 Å². The largest absolute Gasteiger partial charge is 0.392 e. The fourth-order valence-corrected chi connectivity index (χ4v) is 5.96. The zero-order chi connectivity index (χ0) is 30.1. The Kier molecular flexibility index (Phi) is 10.1. The number of hydrogen-bond acceptors (Lipinski definition) is 6. The summed E-state index contributed by atoms with van der Waals surface area (Å²) in [6.07, 6.45) is 0.170. The van der Waals surface area contributed by atoms with Crippen LogP contribution in [0.15, 0.2) is 109 Å². The number of aliphatic hydroxyl groups is 1. The first kappa shape index (κ1) is 30.2.